The monoisotopic (exact) mass is 611 g/mol. The average molecular weight is 612 g/mol. The molecule has 0 saturated carbocycles. The second-order valence-corrected chi connectivity index (χ2v) is 10.1. The van der Waals surface area contributed by atoms with E-state index in [0.717, 1.165) is 21.1 Å². The van der Waals surface area contributed by atoms with Crippen LogP contribution >= 0.6 is 27.7 Å². The Hall–Kier alpha value is -4.16. The largest absolute Gasteiger partial charge is 0.490 e. The number of nitrogens with zero attached hydrogens (tertiary/aromatic N) is 2. The number of imide groups is 1. The first-order chi connectivity index (χ1) is 18.7. The van der Waals surface area contributed by atoms with Gasteiger partial charge in [-0.25, -0.2) is 0 Å². The molecule has 1 heterocycles. The summed E-state index contributed by atoms with van der Waals surface area (Å²) >= 11 is 4.07. The summed E-state index contributed by atoms with van der Waals surface area (Å²) in [5.74, 6) is -0.243. The highest BCUT2D eigenvalue weighted by Crippen LogP contribution is 2.35. The highest BCUT2D eigenvalue weighted by atomic mass is 79.9. The summed E-state index contributed by atoms with van der Waals surface area (Å²) in [4.78, 5) is 49.4. The molecule has 12 heteroatoms. The van der Waals surface area contributed by atoms with Gasteiger partial charge in [-0.3, -0.25) is 29.4 Å². The summed E-state index contributed by atoms with van der Waals surface area (Å²) in [6.45, 7) is 1.83. The second kappa shape index (κ2) is 12.6. The lowest BCUT2D eigenvalue weighted by atomic mass is 10.1. The van der Waals surface area contributed by atoms with Gasteiger partial charge in [0.05, 0.1) is 16.4 Å². The predicted octanol–water partition coefficient (Wildman–Crippen LogP) is 6.01. The number of ether oxygens (including phenoxy) is 2. The van der Waals surface area contributed by atoms with Gasteiger partial charge in [0.2, 0.25) is 5.91 Å². The van der Waals surface area contributed by atoms with Gasteiger partial charge in [-0.2, -0.15) is 0 Å². The zero-order chi connectivity index (χ0) is 27.9. The van der Waals surface area contributed by atoms with Crippen LogP contribution in [0.3, 0.4) is 0 Å². The first kappa shape index (κ1) is 27.9. The van der Waals surface area contributed by atoms with Gasteiger partial charge in [-0.1, -0.05) is 34.1 Å². The smallest absolute Gasteiger partial charge is 0.294 e. The van der Waals surface area contributed by atoms with Crippen LogP contribution in [0.1, 0.15) is 18.1 Å². The normalized spacial score (nSPS) is 14.0. The molecule has 0 aliphatic carbocycles. The first-order valence-electron chi connectivity index (χ1n) is 11.7. The molecule has 3 aromatic rings. The van der Waals surface area contributed by atoms with Gasteiger partial charge in [0.15, 0.2) is 11.5 Å². The van der Waals surface area contributed by atoms with Gasteiger partial charge in [-0.15, -0.1) is 0 Å². The van der Waals surface area contributed by atoms with E-state index in [1.807, 2.05) is 6.92 Å². The molecular weight excluding hydrogens is 590 g/mol. The van der Waals surface area contributed by atoms with Gasteiger partial charge in [0.1, 0.15) is 13.2 Å². The number of rotatable bonds is 10. The molecule has 1 saturated heterocycles. The van der Waals surface area contributed by atoms with Crippen molar-refractivity contribution in [3.05, 3.63) is 97.3 Å². The molecule has 4 rings (SSSR count). The lowest BCUT2D eigenvalue weighted by Crippen LogP contribution is -2.36. The molecule has 0 unspecified atom stereocenters. The minimum atomic E-state index is -0.570. The van der Waals surface area contributed by atoms with Crippen molar-refractivity contribution in [2.45, 2.75) is 13.5 Å². The van der Waals surface area contributed by atoms with Crippen LogP contribution in [0, 0.1) is 10.1 Å². The van der Waals surface area contributed by atoms with E-state index < -0.39 is 28.5 Å². The molecule has 0 bridgehead atoms. The molecule has 3 aromatic carbocycles. The molecule has 0 spiro atoms. The highest BCUT2D eigenvalue weighted by Gasteiger charge is 2.36. The van der Waals surface area contributed by atoms with Gasteiger partial charge < -0.3 is 14.8 Å². The number of carbonyl (C=O) groups is 3. The van der Waals surface area contributed by atoms with E-state index in [1.54, 1.807) is 60.7 Å². The van der Waals surface area contributed by atoms with Crippen LogP contribution in [0.25, 0.3) is 6.08 Å². The Bertz CT molecular complexity index is 1460. The number of anilines is 1. The van der Waals surface area contributed by atoms with Crippen molar-refractivity contribution >= 4 is 62.2 Å². The fraction of sp³-hybridized carbons (Fsp3) is 0.148. The van der Waals surface area contributed by atoms with E-state index in [0.29, 0.717) is 34.9 Å². The summed E-state index contributed by atoms with van der Waals surface area (Å²) in [5, 5.41) is 13.1. The molecule has 0 aromatic heterocycles. The summed E-state index contributed by atoms with van der Waals surface area (Å²) in [7, 11) is 0. The maximum atomic E-state index is 12.9. The van der Waals surface area contributed by atoms with Crippen LogP contribution < -0.4 is 14.8 Å². The first-order valence-corrected chi connectivity index (χ1v) is 13.3. The molecule has 0 atom stereocenters. The molecule has 1 fully saturated rings. The Morgan fingerprint density at radius 2 is 1.85 bits per heavy atom. The minimum Gasteiger partial charge on any atom is -0.490 e. The topological polar surface area (TPSA) is 128 Å². The third-order valence-electron chi connectivity index (χ3n) is 5.38. The number of nitrogens with one attached hydrogen (secondary N) is 1. The Labute approximate surface area is 236 Å². The fourth-order valence-electron chi connectivity index (χ4n) is 3.59. The van der Waals surface area contributed by atoms with Crippen molar-refractivity contribution in [2.24, 2.45) is 0 Å². The summed E-state index contributed by atoms with van der Waals surface area (Å²) in [6, 6.07) is 18.1. The number of amides is 3. The van der Waals surface area contributed by atoms with Gasteiger partial charge in [-0.05, 0) is 72.3 Å². The number of non-ortho nitro benzene ring substituents is 1. The maximum absolute atomic E-state index is 12.9. The number of hydrogen-bond acceptors (Lipinski definition) is 8. The number of nitro groups is 1. The second-order valence-electron chi connectivity index (χ2n) is 8.18. The average Bonchev–Trinajstić information content (AvgIpc) is 3.17. The highest BCUT2D eigenvalue weighted by molar-refractivity contribution is 9.10. The van der Waals surface area contributed by atoms with Crippen molar-refractivity contribution in [3.63, 3.8) is 0 Å². The molecule has 3 amide bonds. The van der Waals surface area contributed by atoms with Crippen molar-refractivity contribution in [3.8, 4) is 11.5 Å². The van der Waals surface area contributed by atoms with Crippen LogP contribution in [-0.2, 0) is 16.2 Å². The van der Waals surface area contributed by atoms with E-state index in [9.17, 15) is 24.5 Å². The number of nitro benzene ring substituents is 1. The molecular formula is C27H22BrN3O7S. The fourth-order valence-corrected chi connectivity index (χ4v) is 4.69. The molecule has 10 nitrogen and oxygen atoms in total. The van der Waals surface area contributed by atoms with E-state index in [1.165, 1.54) is 12.1 Å². The van der Waals surface area contributed by atoms with E-state index in [2.05, 4.69) is 21.2 Å². The molecule has 0 radical (unpaired) electrons. The number of thioether (sulfide) groups is 1. The zero-order valence-corrected chi connectivity index (χ0v) is 23.0. The number of hydrogen-bond donors (Lipinski definition) is 1. The molecule has 39 heavy (non-hydrogen) atoms. The summed E-state index contributed by atoms with van der Waals surface area (Å²) in [6.07, 6.45) is 1.55. The lowest BCUT2D eigenvalue weighted by molar-refractivity contribution is -0.384. The van der Waals surface area contributed by atoms with Crippen molar-refractivity contribution in [2.75, 3.05) is 18.5 Å². The summed E-state index contributed by atoms with van der Waals surface area (Å²) < 4.78 is 12.4. The zero-order valence-electron chi connectivity index (χ0n) is 20.6. The van der Waals surface area contributed by atoms with E-state index in [-0.39, 0.29) is 17.2 Å². The van der Waals surface area contributed by atoms with E-state index in [4.69, 9.17) is 9.47 Å². The molecule has 1 N–H and O–H groups in total. The Kier molecular flexibility index (Phi) is 8.99. The SMILES string of the molecule is CCOc1cc(/C=C2/SC(=O)N(CC(=O)Nc3ccc(Br)cc3)C2=O)ccc1OCc1cccc([N+](=O)[O-])c1. The van der Waals surface area contributed by atoms with Crippen LogP contribution in [0.2, 0.25) is 0 Å². The molecule has 200 valence electrons. The Morgan fingerprint density at radius 3 is 2.56 bits per heavy atom. The van der Waals surface area contributed by atoms with Crippen LogP contribution in [0.4, 0.5) is 16.2 Å². The van der Waals surface area contributed by atoms with Gasteiger partial charge >= 0.3 is 0 Å². The number of benzene rings is 3. The van der Waals surface area contributed by atoms with Crippen molar-refractivity contribution in [1.82, 2.24) is 4.90 Å². The van der Waals surface area contributed by atoms with Crippen LogP contribution in [-0.4, -0.2) is 40.0 Å². The Balaban J connectivity index is 1.44. The summed E-state index contributed by atoms with van der Waals surface area (Å²) in [5.41, 5.74) is 1.72. The van der Waals surface area contributed by atoms with Gasteiger partial charge in [0, 0.05) is 22.3 Å². The lowest BCUT2D eigenvalue weighted by Gasteiger charge is -2.13. The number of carbonyl (C=O) groups excluding carboxylic acids is 3. The van der Waals surface area contributed by atoms with Crippen LogP contribution in [0.5, 0.6) is 11.5 Å². The quantitative estimate of drug-likeness (QED) is 0.168. The predicted molar refractivity (Wildman–Crippen MR) is 150 cm³/mol. The Morgan fingerprint density at radius 1 is 1.08 bits per heavy atom. The third kappa shape index (κ3) is 7.24. The third-order valence-corrected chi connectivity index (χ3v) is 6.82. The maximum Gasteiger partial charge on any atom is 0.294 e. The van der Waals surface area contributed by atoms with Crippen LogP contribution in [0.15, 0.2) is 76.1 Å². The minimum absolute atomic E-state index is 0.0313. The standard InChI is InChI=1S/C27H22BrN3O7S/c1-2-37-23-13-17(6-11-22(23)38-16-18-4-3-5-21(12-18)31(35)36)14-24-26(33)30(27(34)39-24)15-25(32)29-20-9-7-19(28)8-10-20/h3-14H,2,15-16H2,1H3,(H,29,32)/b24-14+. The van der Waals surface area contributed by atoms with E-state index >= 15 is 0 Å². The number of halogens is 1. The molecule has 1 aliphatic heterocycles. The van der Waals surface area contributed by atoms with Gasteiger partial charge in [0.25, 0.3) is 16.8 Å². The molecule has 1 aliphatic rings. The van der Waals surface area contributed by atoms with Crippen molar-refractivity contribution < 1.29 is 28.8 Å². The van der Waals surface area contributed by atoms with Crippen molar-refractivity contribution in [1.29, 1.82) is 0 Å².